The molecule has 1 aromatic carbocycles. The summed E-state index contributed by atoms with van der Waals surface area (Å²) in [5.41, 5.74) is 2.65. The smallest absolute Gasteiger partial charge is 0.289 e. The van der Waals surface area contributed by atoms with Crippen molar-refractivity contribution < 1.29 is 9.21 Å². The second-order valence-electron chi connectivity index (χ2n) is 4.50. The molecular weight excluding hydrogens is 240 g/mol. The number of nitrogens with zero attached hydrogens (tertiary/aromatic N) is 1. The number of H-pyrrole nitrogens is 1. The van der Waals surface area contributed by atoms with Crippen LogP contribution in [0.2, 0.25) is 0 Å². The van der Waals surface area contributed by atoms with Crippen molar-refractivity contribution in [3.8, 4) is 0 Å². The van der Waals surface area contributed by atoms with Crippen LogP contribution in [-0.2, 0) is 0 Å². The molecule has 4 nitrogen and oxygen atoms in total. The molecule has 98 valence electrons. The highest BCUT2D eigenvalue weighted by molar-refractivity contribution is 6.06. The van der Waals surface area contributed by atoms with Gasteiger partial charge < -0.3 is 14.3 Å². The van der Waals surface area contributed by atoms with Gasteiger partial charge in [-0.3, -0.25) is 4.79 Å². The molecule has 0 saturated carbocycles. The Morgan fingerprint density at radius 1 is 1.21 bits per heavy atom. The van der Waals surface area contributed by atoms with Gasteiger partial charge in [0.05, 0.1) is 5.52 Å². The molecule has 2 aromatic heterocycles. The lowest BCUT2D eigenvalue weighted by molar-refractivity contribution is 0.0743. The molecule has 0 radical (unpaired) electrons. The minimum Gasteiger partial charge on any atom is -0.449 e. The number of carbonyl (C=O) groups excluding carboxylic acids is 1. The molecule has 4 heteroatoms. The number of rotatable bonds is 3. The topological polar surface area (TPSA) is 49.2 Å². The first kappa shape index (κ1) is 11.8. The predicted octanol–water partition coefficient (Wildman–Crippen LogP) is 3.40. The van der Waals surface area contributed by atoms with Crippen molar-refractivity contribution in [1.29, 1.82) is 0 Å². The molecule has 0 aliphatic carbocycles. The fourth-order valence-corrected chi connectivity index (χ4v) is 2.39. The zero-order valence-corrected chi connectivity index (χ0v) is 11.1. The molecule has 0 fully saturated rings. The number of hydrogen-bond acceptors (Lipinski definition) is 2. The Kier molecular flexibility index (Phi) is 2.78. The number of benzene rings is 1. The van der Waals surface area contributed by atoms with Crippen molar-refractivity contribution in [2.24, 2.45) is 0 Å². The van der Waals surface area contributed by atoms with E-state index in [1.807, 2.05) is 38.1 Å². The largest absolute Gasteiger partial charge is 0.449 e. The average Bonchev–Trinajstić information content (AvgIpc) is 2.97. The van der Waals surface area contributed by atoms with Gasteiger partial charge in [-0.05, 0) is 26.0 Å². The quantitative estimate of drug-likeness (QED) is 0.780. The maximum Gasteiger partial charge on any atom is 0.289 e. The van der Waals surface area contributed by atoms with E-state index in [1.54, 1.807) is 11.0 Å². The Morgan fingerprint density at radius 2 is 1.95 bits per heavy atom. The lowest BCUT2D eigenvalue weighted by Gasteiger charge is -2.16. The van der Waals surface area contributed by atoms with E-state index in [-0.39, 0.29) is 5.91 Å². The number of furan rings is 1. The maximum atomic E-state index is 12.2. The molecule has 0 aliphatic heterocycles. The molecule has 0 unspecified atom stereocenters. The minimum atomic E-state index is -0.0568. The molecule has 1 amide bonds. The van der Waals surface area contributed by atoms with Crippen molar-refractivity contribution in [3.63, 3.8) is 0 Å². The van der Waals surface area contributed by atoms with E-state index in [9.17, 15) is 4.79 Å². The van der Waals surface area contributed by atoms with Crippen LogP contribution in [0.1, 0.15) is 24.4 Å². The van der Waals surface area contributed by atoms with Crippen LogP contribution in [0.5, 0.6) is 0 Å². The van der Waals surface area contributed by atoms with Gasteiger partial charge in [-0.1, -0.05) is 12.1 Å². The summed E-state index contributed by atoms with van der Waals surface area (Å²) >= 11 is 0. The van der Waals surface area contributed by atoms with Crippen LogP contribution in [0.3, 0.4) is 0 Å². The number of hydrogen-bond donors (Lipinski definition) is 1. The van der Waals surface area contributed by atoms with Crippen LogP contribution in [0.4, 0.5) is 0 Å². The fourth-order valence-electron chi connectivity index (χ4n) is 2.39. The van der Waals surface area contributed by atoms with E-state index in [4.69, 9.17) is 4.42 Å². The zero-order chi connectivity index (χ0) is 13.4. The van der Waals surface area contributed by atoms with Crippen LogP contribution < -0.4 is 0 Å². The van der Waals surface area contributed by atoms with Gasteiger partial charge in [0.15, 0.2) is 11.3 Å². The SMILES string of the molecule is CCN(CC)C(=O)c1cc2[nH]c3ccccc3c2o1. The number of aromatic nitrogens is 1. The van der Waals surface area contributed by atoms with Gasteiger partial charge in [0.25, 0.3) is 5.91 Å². The van der Waals surface area contributed by atoms with Crippen molar-refractivity contribution in [2.45, 2.75) is 13.8 Å². The second-order valence-corrected chi connectivity index (χ2v) is 4.50. The van der Waals surface area contributed by atoms with E-state index in [0.29, 0.717) is 18.8 Å². The average molecular weight is 256 g/mol. The van der Waals surface area contributed by atoms with Gasteiger partial charge >= 0.3 is 0 Å². The normalized spacial score (nSPS) is 11.3. The minimum absolute atomic E-state index is 0.0568. The Labute approximate surface area is 111 Å². The number of nitrogens with one attached hydrogen (secondary N) is 1. The van der Waals surface area contributed by atoms with Gasteiger partial charge in [0, 0.05) is 30.1 Å². The highest BCUT2D eigenvalue weighted by Gasteiger charge is 2.19. The van der Waals surface area contributed by atoms with Gasteiger partial charge in [0.2, 0.25) is 0 Å². The van der Waals surface area contributed by atoms with E-state index in [1.165, 1.54) is 0 Å². The summed E-state index contributed by atoms with van der Waals surface area (Å²) in [7, 11) is 0. The van der Waals surface area contributed by atoms with Crippen molar-refractivity contribution in [1.82, 2.24) is 9.88 Å². The summed E-state index contributed by atoms with van der Waals surface area (Å²) in [6.45, 7) is 5.30. The summed E-state index contributed by atoms with van der Waals surface area (Å²) in [5, 5.41) is 1.01. The first-order valence-electron chi connectivity index (χ1n) is 6.54. The van der Waals surface area contributed by atoms with Crippen molar-refractivity contribution >= 4 is 27.9 Å². The van der Waals surface area contributed by atoms with Gasteiger partial charge in [-0.2, -0.15) is 0 Å². The third-order valence-electron chi connectivity index (χ3n) is 3.43. The van der Waals surface area contributed by atoms with E-state index in [2.05, 4.69) is 4.98 Å². The Morgan fingerprint density at radius 3 is 2.68 bits per heavy atom. The maximum absolute atomic E-state index is 12.2. The van der Waals surface area contributed by atoms with Crippen molar-refractivity contribution in [2.75, 3.05) is 13.1 Å². The Balaban J connectivity index is 2.09. The van der Waals surface area contributed by atoms with Gasteiger partial charge in [-0.25, -0.2) is 0 Å². The lowest BCUT2D eigenvalue weighted by atomic mass is 10.2. The molecular formula is C15H16N2O2. The second kappa shape index (κ2) is 4.46. The summed E-state index contributed by atoms with van der Waals surface area (Å²) in [4.78, 5) is 17.2. The zero-order valence-electron chi connectivity index (χ0n) is 11.1. The van der Waals surface area contributed by atoms with E-state index >= 15 is 0 Å². The summed E-state index contributed by atoms with van der Waals surface area (Å²) < 4.78 is 5.75. The number of para-hydroxylation sites is 1. The monoisotopic (exact) mass is 256 g/mol. The highest BCUT2D eigenvalue weighted by atomic mass is 16.3. The number of fused-ring (bicyclic) bond motifs is 3. The molecule has 0 bridgehead atoms. The third-order valence-corrected chi connectivity index (χ3v) is 3.43. The number of aromatic amines is 1. The summed E-state index contributed by atoms with van der Waals surface area (Å²) in [5.74, 6) is 0.342. The predicted molar refractivity (Wildman–Crippen MR) is 75.3 cm³/mol. The van der Waals surface area contributed by atoms with Crippen LogP contribution in [0.25, 0.3) is 22.0 Å². The van der Waals surface area contributed by atoms with Gasteiger partial charge in [0.1, 0.15) is 0 Å². The standard InChI is InChI=1S/C15H16N2O2/c1-3-17(4-2)15(18)13-9-12-14(19-13)10-7-5-6-8-11(10)16-12/h5-9,16H,3-4H2,1-2H3. The molecule has 0 aliphatic rings. The molecule has 1 N–H and O–H groups in total. The number of amides is 1. The summed E-state index contributed by atoms with van der Waals surface area (Å²) in [6.07, 6.45) is 0. The van der Waals surface area contributed by atoms with Crippen LogP contribution in [-0.4, -0.2) is 28.9 Å². The van der Waals surface area contributed by atoms with Crippen LogP contribution >= 0.6 is 0 Å². The van der Waals surface area contributed by atoms with E-state index < -0.39 is 0 Å². The van der Waals surface area contributed by atoms with Crippen LogP contribution in [0, 0.1) is 0 Å². The molecule has 0 spiro atoms. The highest BCUT2D eigenvalue weighted by Crippen LogP contribution is 2.28. The molecule has 19 heavy (non-hydrogen) atoms. The lowest BCUT2D eigenvalue weighted by Crippen LogP contribution is -2.30. The number of carbonyl (C=O) groups is 1. The summed E-state index contributed by atoms with van der Waals surface area (Å²) in [6, 6.07) is 9.71. The third kappa shape index (κ3) is 1.80. The Bertz CT molecular complexity index is 735. The molecule has 0 saturated heterocycles. The molecule has 2 heterocycles. The first-order chi connectivity index (χ1) is 9.24. The molecule has 3 aromatic rings. The van der Waals surface area contributed by atoms with E-state index in [0.717, 1.165) is 22.0 Å². The molecule has 3 rings (SSSR count). The Hall–Kier alpha value is -2.23. The fraction of sp³-hybridized carbons (Fsp3) is 0.267. The van der Waals surface area contributed by atoms with Gasteiger partial charge in [-0.15, -0.1) is 0 Å². The molecule has 0 atom stereocenters. The van der Waals surface area contributed by atoms with Crippen LogP contribution in [0.15, 0.2) is 34.7 Å². The first-order valence-corrected chi connectivity index (χ1v) is 6.54. The van der Waals surface area contributed by atoms with Crippen molar-refractivity contribution in [3.05, 3.63) is 36.1 Å².